The van der Waals surface area contributed by atoms with Crippen molar-refractivity contribution in [3.63, 3.8) is 0 Å². The Kier molecular flexibility index (Phi) is 11.5. The molecule has 0 fully saturated rings. The Bertz CT molecular complexity index is 504. The second kappa shape index (κ2) is 12.2. The van der Waals surface area contributed by atoms with Crippen molar-refractivity contribution in [3.05, 3.63) is 45.6 Å². The van der Waals surface area contributed by atoms with Gasteiger partial charge in [0, 0.05) is 0 Å². The molecule has 0 saturated heterocycles. The first-order valence-electron chi connectivity index (χ1n) is 8.27. The monoisotopic (exact) mass is 338 g/mol. The molecular formula is C20H31ClO2. The van der Waals surface area contributed by atoms with Crippen molar-refractivity contribution in [1.82, 2.24) is 0 Å². The maximum absolute atomic E-state index is 10.7. The molecule has 0 aromatic rings. The second-order valence-corrected chi connectivity index (χ2v) is 6.78. The van der Waals surface area contributed by atoms with E-state index in [2.05, 4.69) is 45.9 Å². The minimum atomic E-state index is -1.04. The van der Waals surface area contributed by atoms with Crippen molar-refractivity contribution in [2.45, 2.75) is 73.1 Å². The highest BCUT2D eigenvalue weighted by molar-refractivity contribution is 6.41. The van der Waals surface area contributed by atoms with Crippen LogP contribution in [0.4, 0.5) is 0 Å². The summed E-state index contributed by atoms with van der Waals surface area (Å²) >= 11 is 5.71. The molecule has 1 N–H and O–H groups in total. The molecule has 0 aromatic heterocycles. The van der Waals surface area contributed by atoms with Crippen molar-refractivity contribution >= 4 is 17.6 Å². The number of allylic oxidation sites excluding steroid dienone is 7. The van der Waals surface area contributed by atoms with Gasteiger partial charge in [-0.2, -0.15) is 0 Å². The maximum atomic E-state index is 10.7. The van der Waals surface area contributed by atoms with Crippen molar-refractivity contribution in [3.8, 4) is 0 Å². The van der Waals surface area contributed by atoms with E-state index in [4.69, 9.17) is 16.7 Å². The molecule has 3 heteroatoms. The zero-order valence-electron chi connectivity index (χ0n) is 15.2. The Labute approximate surface area is 146 Å². The van der Waals surface area contributed by atoms with Crippen molar-refractivity contribution < 1.29 is 9.90 Å². The standard InChI is InChI=1S/C20H31ClO2/c1-15(2)9-6-10-16(3)11-7-12-17(4)13-8-14-18(5)19(21)20(22)23/h9,11,13H,6-8,10,12,14H2,1-5H3,(H,22,23)/b16-11+,17-13+,19-18+. The van der Waals surface area contributed by atoms with Crippen molar-refractivity contribution in [1.29, 1.82) is 0 Å². The summed E-state index contributed by atoms with van der Waals surface area (Å²) in [5.41, 5.74) is 4.90. The van der Waals surface area contributed by atoms with E-state index in [1.165, 1.54) is 16.7 Å². The third kappa shape index (κ3) is 11.9. The third-order valence-electron chi connectivity index (χ3n) is 3.70. The summed E-state index contributed by atoms with van der Waals surface area (Å²) in [4.78, 5) is 10.7. The molecule has 0 radical (unpaired) electrons. The molecule has 0 spiro atoms. The highest BCUT2D eigenvalue weighted by atomic mass is 35.5. The summed E-state index contributed by atoms with van der Waals surface area (Å²) in [5, 5.41) is 8.76. The number of halogens is 1. The topological polar surface area (TPSA) is 37.3 Å². The Morgan fingerprint density at radius 3 is 1.70 bits per heavy atom. The van der Waals surface area contributed by atoms with Crippen LogP contribution in [0.3, 0.4) is 0 Å². The fourth-order valence-corrected chi connectivity index (χ4v) is 2.26. The fourth-order valence-electron chi connectivity index (χ4n) is 2.17. The van der Waals surface area contributed by atoms with E-state index < -0.39 is 5.97 Å². The lowest BCUT2D eigenvalue weighted by molar-refractivity contribution is -0.131. The zero-order chi connectivity index (χ0) is 17.8. The summed E-state index contributed by atoms with van der Waals surface area (Å²) < 4.78 is 0. The van der Waals surface area contributed by atoms with Gasteiger partial charge in [-0.05, 0) is 78.7 Å². The lowest BCUT2D eigenvalue weighted by Crippen LogP contribution is -1.97. The molecular weight excluding hydrogens is 308 g/mol. The average molecular weight is 339 g/mol. The van der Waals surface area contributed by atoms with Crippen LogP contribution in [0, 0.1) is 0 Å². The zero-order valence-corrected chi connectivity index (χ0v) is 16.0. The lowest BCUT2D eigenvalue weighted by atomic mass is 10.0. The number of carbonyl (C=O) groups is 1. The summed E-state index contributed by atoms with van der Waals surface area (Å²) in [6.07, 6.45) is 12.7. The molecule has 130 valence electrons. The molecule has 23 heavy (non-hydrogen) atoms. The predicted molar refractivity (Wildman–Crippen MR) is 101 cm³/mol. The van der Waals surface area contributed by atoms with Crippen LogP contribution in [0.15, 0.2) is 45.6 Å². The summed E-state index contributed by atoms with van der Waals surface area (Å²) in [5.74, 6) is -1.04. The normalized spacial score (nSPS) is 13.7. The predicted octanol–water partition coefficient (Wildman–Crippen LogP) is 6.78. The first-order valence-corrected chi connectivity index (χ1v) is 8.65. The van der Waals surface area contributed by atoms with Crippen LogP contribution < -0.4 is 0 Å². The largest absolute Gasteiger partial charge is 0.477 e. The molecule has 0 aliphatic carbocycles. The summed E-state index contributed by atoms with van der Waals surface area (Å²) in [6, 6.07) is 0. The van der Waals surface area contributed by atoms with Crippen LogP contribution >= 0.6 is 11.6 Å². The van der Waals surface area contributed by atoms with E-state index in [1.807, 2.05) is 0 Å². The number of rotatable bonds is 10. The SMILES string of the molecule is CC(C)=CCC/C(C)=C/CC/C(C)=C/CC/C(C)=C(/Cl)C(=O)O. The van der Waals surface area contributed by atoms with Gasteiger partial charge in [-0.1, -0.05) is 46.5 Å². The maximum Gasteiger partial charge on any atom is 0.347 e. The van der Waals surface area contributed by atoms with Crippen LogP contribution in [-0.2, 0) is 4.79 Å². The van der Waals surface area contributed by atoms with Gasteiger partial charge in [0.15, 0.2) is 0 Å². The Hall–Kier alpha value is -1.28. The van der Waals surface area contributed by atoms with E-state index in [9.17, 15) is 4.79 Å². The molecule has 0 rings (SSSR count). The smallest absolute Gasteiger partial charge is 0.347 e. The molecule has 0 unspecified atom stereocenters. The van der Waals surface area contributed by atoms with E-state index in [-0.39, 0.29) is 5.03 Å². The highest BCUT2D eigenvalue weighted by Gasteiger charge is 2.06. The van der Waals surface area contributed by atoms with Gasteiger partial charge < -0.3 is 5.11 Å². The first-order chi connectivity index (χ1) is 10.7. The molecule has 0 saturated carbocycles. The lowest BCUT2D eigenvalue weighted by Gasteiger charge is -2.03. The van der Waals surface area contributed by atoms with Gasteiger partial charge in [0.05, 0.1) is 0 Å². The molecule has 0 aliphatic rings. The minimum absolute atomic E-state index is 0.0500. The fraction of sp³-hybridized carbons (Fsp3) is 0.550. The van der Waals surface area contributed by atoms with Gasteiger partial charge in [-0.25, -0.2) is 4.79 Å². The van der Waals surface area contributed by atoms with Crippen molar-refractivity contribution in [2.75, 3.05) is 0 Å². The Morgan fingerprint density at radius 2 is 1.26 bits per heavy atom. The number of carboxylic acid groups (broad SMARTS) is 1. The van der Waals surface area contributed by atoms with Crippen LogP contribution in [0.5, 0.6) is 0 Å². The molecule has 0 aliphatic heterocycles. The molecule has 0 bridgehead atoms. The number of carboxylic acids is 1. The van der Waals surface area contributed by atoms with Gasteiger partial charge in [0.2, 0.25) is 0 Å². The molecule has 2 nitrogen and oxygen atoms in total. The second-order valence-electron chi connectivity index (χ2n) is 6.40. The number of hydrogen-bond donors (Lipinski definition) is 1. The number of hydrogen-bond acceptors (Lipinski definition) is 1. The van der Waals surface area contributed by atoms with Gasteiger partial charge in [0.1, 0.15) is 5.03 Å². The van der Waals surface area contributed by atoms with Gasteiger partial charge in [-0.3, -0.25) is 0 Å². The van der Waals surface area contributed by atoms with E-state index in [0.29, 0.717) is 6.42 Å². The van der Waals surface area contributed by atoms with Crippen LogP contribution in [-0.4, -0.2) is 11.1 Å². The summed E-state index contributed by atoms with van der Waals surface area (Å²) in [6.45, 7) is 10.4. The first kappa shape index (κ1) is 21.7. The Morgan fingerprint density at radius 1 is 0.826 bits per heavy atom. The average Bonchev–Trinajstić information content (AvgIpc) is 2.45. The molecule has 0 heterocycles. The van der Waals surface area contributed by atoms with Gasteiger partial charge >= 0.3 is 5.97 Å². The van der Waals surface area contributed by atoms with Crippen molar-refractivity contribution in [2.24, 2.45) is 0 Å². The van der Waals surface area contributed by atoms with E-state index >= 15 is 0 Å². The van der Waals surface area contributed by atoms with Crippen LogP contribution in [0.2, 0.25) is 0 Å². The van der Waals surface area contributed by atoms with Crippen LogP contribution in [0.25, 0.3) is 0 Å². The number of aliphatic carboxylic acids is 1. The Balaban J connectivity index is 4.15. The molecule has 0 amide bonds. The highest BCUT2D eigenvalue weighted by Crippen LogP contribution is 2.17. The van der Waals surface area contributed by atoms with E-state index in [0.717, 1.165) is 37.7 Å². The van der Waals surface area contributed by atoms with Gasteiger partial charge in [0.25, 0.3) is 0 Å². The quantitative estimate of drug-likeness (QED) is 0.352. The third-order valence-corrected chi connectivity index (χ3v) is 4.18. The van der Waals surface area contributed by atoms with E-state index in [1.54, 1.807) is 6.92 Å². The molecule has 0 atom stereocenters. The summed E-state index contributed by atoms with van der Waals surface area (Å²) in [7, 11) is 0. The molecule has 0 aromatic carbocycles. The van der Waals surface area contributed by atoms with Gasteiger partial charge in [-0.15, -0.1) is 0 Å². The minimum Gasteiger partial charge on any atom is -0.477 e. The van der Waals surface area contributed by atoms with Crippen LogP contribution in [0.1, 0.15) is 73.1 Å².